The smallest absolute Gasteiger partial charge is 0.0135 e. The molecule has 0 aliphatic heterocycles. The third-order valence-electron chi connectivity index (χ3n) is 3.41. The van der Waals surface area contributed by atoms with Crippen molar-refractivity contribution in [2.45, 2.75) is 37.5 Å². The van der Waals surface area contributed by atoms with Gasteiger partial charge in [-0.25, -0.2) is 0 Å². The van der Waals surface area contributed by atoms with Crippen molar-refractivity contribution >= 4 is 0 Å². The van der Waals surface area contributed by atoms with Gasteiger partial charge in [0.2, 0.25) is 0 Å². The van der Waals surface area contributed by atoms with Gasteiger partial charge in [-0.05, 0) is 18.4 Å². The highest BCUT2D eigenvalue weighted by Gasteiger charge is 2.30. The van der Waals surface area contributed by atoms with Gasteiger partial charge in [0, 0.05) is 5.41 Å². The first-order valence-electron chi connectivity index (χ1n) is 5.49. The lowest BCUT2D eigenvalue weighted by Gasteiger charge is -2.34. The molecule has 0 aromatic heterocycles. The average molecular weight is 185 g/mol. The number of hydrogen-bond acceptors (Lipinski definition) is 0. The van der Waals surface area contributed by atoms with Crippen molar-refractivity contribution in [1.29, 1.82) is 0 Å². The summed E-state index contributed by atoms with van der Waals surface area (Å²) < 4.78 is 0. The summed E-state index contributed by atoms with van der Waals surface area (Å²) in [7, 11) is 0. The monoisotopic (exact) mass is 185 g/mol. The summed E-state index contributed by atoms with van der Waals surface area (Å²) in [6.07, 6.45) is 8.33. The summed E-state index contributed by atoms with van der Waals surface area (Å²) in [4.78, 5) is 0. The van der Waals surface area contributed by atoms with Gasteiger partial charge >= 0.3 is 0 Å². The Morgan fingerprint density at radius 3 is 2.21 bits per heavy atom. The van der Waals surface area contributed by atoms with E-state index in [0.29, 0.717) is 0 Å². The van der Waals surface area contributed by atoms with Gasteiger partial charge in [0.1, 0.15) is 0 Å². The van der Waals surface area contributed by atoms with Crippen LogP contribution in [0.3, 0.4) is 0 Å². The summed E-state index contributed by atoms with van der Waals surface area (Å²) in [5.41, 5.74) is 1.56. The lowest BCUT2D eigenvalue weighted by atomic mass is 9.70. The standard InChI is InChI=1S/C14H17/c1-2-14(11-7-4-8-12-14)13-9-5-3-6-10-13/h1-3,5-6,9-10H,4,7-8,11-12H2. The molecule has 0 N–H and O–H groups in total. The summed E-state index contributed by atoms with van der Waals surface area (Å²) in [6, 6.07) is 10.7. The van der Waals surface area contributed by atoms with Crippen LogP contribution in [-0.2, 0) is 5.41 Å². The SMILES string of the molecule is [CH]=CC1(c2ccccc2)CCCCC1. The summed E-state index contributed by atoms with van der Waals surface area (Å²) in [5, 5.41) is 0. The first-order chi connectivity index (χ1) is 6.87. The molecule has 0 spiro atoms. The van der Waals surface area contributed by atoms with Crippen molar-refractivity contribution in [2.24, 2.45) is 0 Å². The predicted octanol–water partition coefficient (Wildman–Crippen LogP) is 3.88. The first-order valence-corrected chi connectivity index (χ1v) is 5.49. The van der Waals surface area contributed by atoms with Crippen LogP contribution in [0.25, 0.3) is 0 Å². The molecule has 1 aromatic rings. The minimum atomic E-state index is 0.166. The summed E-state index contributed by atoms with van der Waals surface area (Å²) >= 11 is 0. The molecule has 1 aliphatic rings. The van der Waals surface area contributed by atoms with Gasteiger partial charge in [-0.15, -0.1) is 0 Å². The van der Waals surface area contributed by atoms with Gasteiger partial charge in [0.05, 0.1) is 0 Å². The normalized spacial score (nSPS) is 20.3. The second kappa shape index (κ2) is 4.00. The molecule has 0 amide bonds. The number of allylic oxidation sites excluding steroid dienone is 1. The fraction of sp³-hybridized carbons (Fsp3) is 0.429. The summed E-state index contributed by atoms with van der Waals surface area (Å²) in [5.74, 6) is 0. The van der Waals surface area contributed by atoms with Gasteiger partial charge in [0.15, 0.2) is 0 Å². The highest BCUT2D eigenvalue weighted by Crippen LogP contribution is 2.39. The fourth-order valence-corrected chi connectivity index (χ4v) is 2.50. The van der Waals surface area contributed by atoms with Crippen LogP contribution < -0.4 is 0 Å². The van der Waals surface area contributed by atoms with E-state index in [4.69, 9.17) is 6.58 Å². The van der Waals surface area contributed by atoms with E-state index in [1.165, 1.54) is 37.7 Å². The third kappa shape index (κ3) is 1.61. The molecule has 2 rings (SSSR count). The Morgan fingerprint density at radius 2 is 1.64 bits per heavy atom. The Bertz CT molecular complexity index is 291. The maximum atomic E-state index is 5.85. The highest BCUT2D eigenvalue weighted by atomic mass is 14.3. The number of benzene rings is 1. The Morgan fingerprint density at radius 1 is 1.00 bits per heavy atom. The largest absolute Gasteiger partial charge is 0.0739 e. The molecule has 1 fully saturated rings. The topological polar surface area (TPSA) is 0 Å². The molecular weight excluding hydrogens is 168 g/mol. The van der Waals surface area contributed by atoms with Crippen molar-refractivity contribution < 1.29 is 0 Å². The second-order valence-electron chi connectivity index (χ2n) is 4.25. The van der Waals surface area contributed by atoms with E-state index in [9.17, 15) is 0 Å². The third-order valence-corrected chi connectivity index (χ3v) is 3.41. The van der Waals surface area contributed by atoms with Crippen molar-refractivity contribution in [2.75, 3.05) is 0 Å². The summed E-state index contributed by atoms with van der Waals surface area (Å²) in [6.45, 7) is 5.85. The van der Waals surface area contributed by atoms with Crippen LogP contribution in [0.4, 0.5) is 0 Å². The zero-order valence-electron chi connectivity index (χ0n) is 8.58. The average Bonchev–Trinajstić information content (AvgIpc) is 2.31. The second-order valence-corrected chi connectivity index (χ2v) is 4.25. The maximum Gasteiger partial charge on any atom is 0.0135 e. The minimum Gasteiger partial charge on any atom is -0.0739 e. The van der Waals surface area contributed by atoms with E-state index in [2.05, 4.69) is 30.3 Å². The molecule has 1 aromatic carbocycles. The molecule has 0 saturated heterocycles. The lowest BCUT2D eigenvalue weighted by molar-refractivity contribution is 0.357. The van der Waals surface area contributed by atoms with Crippen molar-refractivity contribution in [3.8, 4) is 0 Å². The van der Waals surface area contributed by atoms with Crippen LogP contribution in [0, 0.1) is 6.58 Å². The van der Waals surface area contributed by atoms with E-state index in [0.717, 1.165) is 0 Å². The molecule has 0 heterocycles. The van der Waals surface area contributed by atoms with Gasteiger partial charge < -0.3 is 0 Å². The van der Waals surface area contributed by atoms with E-state index >= 15 is 0 Å². The molecule has 0 nitrogen and oxygen atoms in total. The Balaban J connectivity index is 2.32. The molecule has 0 unspecified atom stereocenters. The van der Waals surface area contributed by atoms with E-state index in [1.54, 1.807) is 0 Å². The van der Waals surface area contributed by atoms with E-state index < -0.39 is 0 Å². The molecule has 73 valence electrons. The Kier molecular flexibility index (Phi) is 2.72. The van der Waals surface area contributed by atoms with Crippen LogP contribution in [-0.4, -0.2) is 0 Å². The molecule has 0 atom stereocenters. The van der Waals surface area contributed by atoms with Gasteiger partial charge in [-0.1, -0.05) is 62.2 Å². The molecule has 1 aliphatic carbocycles. The predicted molar refractivity (Wildman–Crippen MR) is 60.1 cm³/mol. The molecular formula is C14H17. The molecule has 0 bridgehead atoms. The van der Waals surface area contributed by atoms with Gasteiger partial charge in [-0.2, -0.15) is 0 Å². The molecule has 1 saturated carbocycles. The zero-order chi connectivity index (χ0) is 9.86. The van der Waals surface area contributed by atoms with Crippen molar-refractivity contribution in [3.05, 3.63) is 48.6 Å². The molecule has 14 heavy (non-hydrogen) atoms. The fourth-order valence-electron chi connectivity index (χ4n) is 2.50. The van der Waals surface area contributed by atoms with Crippen LogP contribution in [0.15, 0.2) is 36.4 Å². The van der Waals surface area contributed by atoms with Crippen molar-refractivity contribution in [3.63, 3.8) is 0 Å². The number of hydrogen-bond donors (Lipinski definition) is 0. The maximum absolute atomic E-state index is 5.85. The first kappa shape index (κ1) is 9.51. The van der Waals surface area contributed by atoms with Crippen LogP contribution in [0.2, 0.25) is 0 Å². The lowest BCUT2D eigenvalue weighted by Crippen LogP contribution is -2.26. The number of rotatable bonds is 2. The van der Waals surface area contributed by atoms with Gasteiger partial charge in [0.25, 0.3) is 0 Å². The van der Waals surface area contributed by atoms with Crippen LogP contribution >= 0.6 is 0 Å². The minimum absolute atomic E-state index is 0.166. The zero-order valence-corrected chi connectivity index (χ0v) is 8.58. The Labute approximate surface area is 86.7 Å². The van der Waals surface area contributed by atoms with E-state index in [1.807, 2.05) is 6.08 Å². The Hall–Kier alpha value is -1.04. The molecule has 0 heteroatoms. The van der Waals surface area contributed by atoms with E-state index in [-0.39, 0.29) is 5.41 Å². The van der Waals surface area contributed by atoms with Crippen LogP contribution in [0.5, 0.6) is 0 Å². The highest BCUT2D eigenvalue weighted by molar-refractivity contribution is 5.30. The quantitative estimate of drug-likeness (QED) is 0.656. The molecule has 1 radical (unpaired) electrons. The van der Waals surface area contributed by atoms with Gasteiger partial charge in [-0.3, -0.25) is 0 Å². The van der Waals surface area contributed by atoms with Crippen molar-refractivity contribution in [1.82, 2.24) is 0 Å². The van der Waals surface area contributed by atoms with Crippen LogP contribution in [0.1, 0.15) is 37.7 Å².